The van der Waals surface area contributed by atoms with Crippen molar-refractivity contribution in [3.63, 3.8) is 0 Å². The molecule has 0 bridgehead atoms. The van der Waals surface area contributed by atoms with E-state index in [1.165, 1.54) is 21.9 Å². The topological polar surface area (TPSA) is 0 Å². The summed E-state index contributed by atoms with van der Waals surface area (Å²) in [5, 5.41) is 4.76. The maximum absolute atomic E-state index is 4.19. The Balaban J connectivity index is 2.63. The zero-order chi connectivity index (χ0) is 11.1. The third-order valence-corrected chi connectivity index (χ3v) is 3.44. The minimum absolute atomic E-state index is 1.09. The Morgan fingerprint density at radius 2 is 1.69 bits per heavy atom. The third-order valence-electron chi connectivity index (χ3n) is 3.44. The molecule has 2 aromatic rings. The standard InChI is InChI=1S/C16H14/c1-11-12(2)14-8-4-6-10-16(14)15-9-5-3-7-13(11)15/h3,5-7,9-10H,1-2,4,8H2. The van der Waals surface area contributed by atoms with E-state index in [1.54, 1.807) is 0 Å². The summed E-state index contributed by atoms with van der Waals surface area (Å²) < 4.78 is 0. The molecule has 0 saturated heterocycles. The molecule has 0 heteroatoms. The third kappa shape index (κ3) is 1.16. The van der Waals surface area contributed by atoms with Crippen LogP contribution in [0.3, 0.4) is 0 Å². The number of hydrogen-bond acceptors (Lipinski definition) is 0. The van der Waals surface area contributed by atoms with E-state index >= 15 is 0 Å². The summed E-state index contributed by atoms with van der Waals surface area (Å²) in [7, 11) is 0. The second-order valence-electron chi connectivity index (χ2n) is 4.34. The van der Waals surface area contributed by atoms with Crippen LogP contribution in [0.25, 0.3) is 30.0 Å². The molecule has 1 aliphatic rings. The Labute approximate surface area is 95.2 Å². The van der Waals surface area contributed by atoms with E-state index in [1.807, 2.05) is 0 Å². The molecule has 0 spiro atoms. The molecule has 3 rings (SSSR count). The predicted octanol–water partition coefficient (Wildman–Crippen LogP) is 2.62. The maximum atomic E-state index is 4.19. The minimum atomic E-state index is 1.09. The van der Waals surface area contributed by atoms with Crippen molar-refractivity contribution >= 4 is 30.0 Å². The van der Waals surface area contributed by atoms with Gasteiger partial charge in [0.05, 0.1) is 0 Å². The van der Waals surface area contributed by atoms with E-state index < -0.39 is 0 Å². The molecular weight excluding hydrogens is 192 g/mol. The van der Waals surface area contributed by atoms with Crippen LogP contribution >= 0.6 is 0 Å². The molecule has 0 amide bonds. The maximum Gasteiger partial charge on any atom is -0.0103 e. The Morgan fingerprint density at radius 3 is 2.50 bits per heavy atom. The molecule has 0 heterocycles. The number of rotatable bonds is 0. The van der Waals surface area contributed by atoms with Crippen LogP contribution in [0.4, 0.5) is 0 Å². The lowest BCUT2D eigenvalue weighted by Gasteiger charge is -2.14. The molecule has 16 heavy (non-hydrogen) atoms. The number of fused-ring (bicyclic) bond motifs is 3. The molecule has 0 aromatic heterocycles. The molecule has 0 nitrogen and oxygen atoms in total. The first kappa shape index (κ1) is 9.41. The van der Waals surface area contributed by atoms with Crippen molar-refractivity contribution in [1.29, 1.82) is 0 Å². The van der Waals surface area contributed by atoms with Crippen molar-refractivity contribution in [3.8, 4) is 0 Å². The smallest absolute Gasteiger partial charge is 0.0103 e. The SMILES string of the molecule is C=c1c2c(c3ccccc3c1=C)C=CCC2. The molecule has 0 aliphatic heterocycles. The highest BCUT2D eigenvalue weighted by atomic mass is 14.1. The summed E-state index contributed by atoms with van der Waals surface area (Å²) in [4.78, 5) is 0. The molecule has 0 radical (unpaired) electrons. The molecular formula is C16H14. The van der Waals surface area contributed by atoms with Gasteiger partial charge in [-0.3, -0.25) is 0 Å². The normalized spacial score (nSPS) is 14.0. The molecule has 0 fully saturated rings. The van der Waals surface area contributed by atoms with Gasteiger partial charge < -0.3 is 0 Å². The number of hydrogen-bond donors (Lipinski definition) is 0. The fraction of sp³-hybridized carbons (Fsp3) is 0.125. The van der Waals surface area contributed by atoms with Gasteiger partial charge in [0.15, 0.2) is 0 Å². The van der Waals surface area contributed by atoms with Crippen molar-refractivity contribution in [2.45, 2.75) is 12.8 Å². The molecule has 0 unspecified atom stereocenters. The molecule has 2 aromatic carbocycles. The van der Waals surface area contributed by atoms with Gasteiger partial charge in [-0.05, 0) is 45.2 Å². The van der Waals surface area contributed by atoms with Crippen LogP contribution in [-0.4, -0.2) is 0 Å². The van der Waals surface area contributed by atoms with Crippen molar-refractivity contribution in [1.82, 2.24) is 0 Å². The highest BCUT2D eigenvalue weighted by Crippen LogP contribution is 2.23. The summed E-state index contributed by atoms with van der Waals surface area (Å²) in [5.74, 6) is 0. The predicted molar refractivity (Wildman–Crippen MR) is 71.6 cm³/mol. The van der Waals surface area contributed by atoms with Crippen LogP contribution < -0.4 is 10.4 Å². The largest absolute Gasteiger partial charge is 0.0909 e. The molecule has 0 N–H and O–H groups in total. The summed E-state index contributed by atoms with van der Waals surface area (Å²) in [6, 6.07) is 8.47. The molecule has 0 saturated carbocycles. The molecule has 0 atom stereocenters. The van der Waals surface area contributed by atoms with Gasteiger partial charge in [0.2, 0.25) is 0 Å². The fourth-order valence-corrected chi connectivity index (χ4v) is 2.56. The van der Waals surface area contributed by atoms with Crippen molar-refractivity contribution in [3.05, 3.63) is 51.9 Å². The van der Waals surface area contributed by atoms with Gasteiger partial charge in [-0.2, -0.15) is 0 Å². The lowest BCUT2D eigenvalue weighted by Crippen LogP contribution is -2.28. The van der Waals surface area contributed by atoms with E-state index in [2.05, 4.69) is 49.6 Å². The van der Waals surface area contributed by atoms with Crippen molar-refractivity contribution in [2.24, 2.45) is 0 Å². The molecule has 78 valence electrons. The first-order valence-electron chi connectivity index (χ1n) is 5.67. The average Bonchev–Trinajstić information content (AvgIpc) is 2.36. The van der Waals surface area contributed by atoms with Crippen LogP contribution in [0.15, 0.2) is 30.3 Å². The van der Waals surface area contributed by atoms with Gasteiger partial charge in [0.1, 0.15) is 0 Å². The zero-order valence-corrected chi connectivity index (χ0v) is 9.29. The van der Waals surface area contributed by atoms with E-state index in [0.717, 1.165) is 23.3 Å². The Kier molecular flexibility index (Phi) is 1.97. The lowest BCUT2D eigenvalue weighted by atomic mass is 9.90. The van der Waals surface area contributed by atoms with Crippen LogP contribution in [0, 0.1) is 0 Å². The molecule has 1 aliphatic carbocycles. The van der Waals surface area contributed by atoms with Crippen LogP contribution in [0.5, 0.6) is 0 Å². The van der Waals surface area contributed by atoms with Gasteiger partial charge in [-0.1, -0.05) is 49.6 Å². The minimum Gasteiger partial charge on any atom is -0.0909 e. The monoisotopic (exact) mass is 206 g/mol. The van der Waals surface area contributed by atoms with Gasteiger partial charge in [-0.15, -0.1) is 0 Å². The summed E-state index contributed by atoms with van der Waals surface area (Å²) >= 11 is 0. The first-order chi connectivity index (χ1) is 7.79. The van der Waals surface area contributed by atoms with Crippen molar-refractivity contribution in [2.75, 3.05) is 0 Å². The highest BCUT2D eigenvalue weighted by molar-refractivity contribution is 5.92. The second-order valence-corrected chi connectivity index (χ2v) is 4.34. The second kappa shape index (κ2) is 3.34. The number of benzene rings is 2. The summed E-state index contributed by atoms with van der Waals surface area (Å²) in [6.07, 6.45) is 6.69. The van der Waals surface area contributed by atoms with Gasteiger partial charge >= 0.3 is 0 Å². The van der Waals surface area contributed by atoms with E-state index in [9.17, 15) is 0 Å². The van der Waals surface area contributed by atoms with Crippen LogP contribution in [-0.2, 0) is 6.42 Å². The number of allylic oxidation sites excluding steroid dienone is 1. The average molecular weight is 206 g/mol. The zero-order valence-electron chi connectivity index (χ0n) is 9.29. The lowest BCUT2D eigenvalue weighted by molar-refractivity contribution is 0.978. The van der Waals surface area contributed by atoms with E-state index in [0.29, 0.717) is 0 Å². The van der Waals surface area contributed by atoms with E-state index in [-0.39, 0.29) is 0 Å². The van der Waals surface area contributed by atoms with Crippen LogP contribution in [0.1, 0.15) is 17.5 Å². The Bertz CT molecular complexity index is 690. The first-order valence-corrected chi connectivity index (χ1v) is 5.67. The highest BCUT2D eigenvalue weighted by Gasteiger charge is 2.10. The quantitative estimate of drug-likeness (QED) is 0.621. The van der Waals surface area contributed by atoms with Gasteiger partial charge in [-0.25, -0.2) is 0 Å². The Morgan fingerprint density at radius 1 is 0.938 bits per heavy atom. The fourth-order valence-electron chi connectivity index (χ4n) is 2.56. The van der Waals surface area contributed by atoms with Gasteiger partial charge in [0, 0.05) is 0 Å². The Hall–Kier alpha value is -1.82. The summed E-state index contributed by atoms with van der Waals surface area (Å²) in [6.45, 7) is 8.36. The van der Waals surface area contributed by atoms with Gasteiger partial charge in [0.25, 0.3) is 0 Å². The van der Waals surface area contributed by atoms with Crippen molar-refractivity contribution < 1.29 is 0 Å². The van der Waals surface area contributed by atoms with Crippen LogP contribution in [0.2, 0.25) is 0 Å². The summed E-state index contributed by atoms with van der Waals surface area (Å²) in [5.41, 5.74) is 2.73. The van der Waals surface area contributed by atoms with E-state index in [4.69, 9.17) is 0 Å².